The van der Waals surface area contributed by atoms with E-state index in [4.69, 9.17) is 15.0 Å². The van der Waals surface area contributed by atoms with Gasteiger partial charge in [-0.25, -0.2) is 9.97 Å². The molecule has 0 spiro atoms. The lowest BCUT2D eigenvalue weighted by molar-refractivity contribution is 0.157. The number of thiazole rings is 1. The van der Waals surface area contributed by atoms with E-state index in [0.717, 1.165) is 38.6 Å². The highest BCUT2D eigenvalue weighted by Gasteiger charge is 2.33. The minimum absolute atomic E-state index is 0.0719. The smallest absolute Gasteiger partial charge is 0.225 e. The predicted octanol–water partition coefficient (Wildman–Crippen LogP) is 4.28. The molecule has 1 aliphatic rings. The molecule has 1 aliphatic carbocycles. The second-order valence-corrected chi connectivity index (χ2v) is 11.1. The van der Waals surface area contributed by atoms with Gasteiger partial charge in [0.25, 0.3) is 0 Å². The number of aliphatic hydroxyl groups is 2. The second kappa shape index (κ2) is 11.1. The Morgan fingerprint density at radius 3 is 2.59 bits per heavy atom. The van der Waals surface area contributed by atoms with E-state index < -0.39 is 6.10 Å². The number of anilines is 2. The Bertz CT molecular complexity index is 1340. The molecular weight excluding hydrogens is 484 g/mol. The van der Waals surface area contributed by atoms with Gasteiger partial charge in [-0.2, -0.15) is 4.98 Å². The number of hydrogen-bond acceptors (Lipinski definition) is 9. The highest BCUT2D eigenvalue weighted by molar-refractivity contribution is 7.21. The molecule has 5 rings (SSSR count). The molecule has 0 unspecified atom stereocenters. The highest BCUT2D eigenvalue weighted by atomic mass is 32.1. The van der Waals surface area contributed by atoms with Gasteiger partial charge in [0.15, 0.2) is 0 Å². The third kappa shape index (κ3) is 5.91. The lowest BCUT2D eigenvalue weighted by Crippen LogP contribution is -2.29. The first-order chi connectivity index (χ1) is 17.9. The number of nitrogens with one attached hydrogen (secondary N) is 2. The minimum atomic E-state index is -0.550. The van der Waals surface area contributed by atoms with Crippen LogP contribution in [0.1, 0.15) is 29.7 Å². The molecule has 0 saturated heterocycles. The van der Waals surface area contributed by atoms with Crippen LogP contribution < -0.4 is 10.6 Å². The predicted molar refractivity (Wildman–Crippen MR) is 150 cm³/mol. The van der Waals surface area contributed by atoms with E-state index in [1.54, 1.807) is 11.3 Å². The van der Waals surface area contributed by atoms with Gasteiger partial charge in [0.2, 0.25) is 5.95 Å². The minimum Gasteiger partial charge on any atom is -0.396 e. The Kier molecular flexibility index (Phi) is 7.66. The number of aryl methyl sites for hydroxylation is 1. The van der Waals surface area contributed by atoms with Crippen LogP contribution in [0.2, 0.25) is 0 Å². The number of nitrogens with zero attached hydrogens (tertiary/aromatic N) is 4. The standard InChI is InChI=1S/C28H34N6O2S/c1-17-25(27-32-21-9-4-5-10-24(21)37-27)26(31-22-12-20(16-35)13-23(22)36)33-28(30-17)29-14-18-7-6-8-19(11-18)15-34(2)3/h4-11,20,22-23,35-36H,12-16H2,1-3H3,(H2,29,30,31,33)/t20-,22+,23+/m0/s1. The van der Waals surface area contributed by atoms with Crippen LogP contribution in [0.25, 0.3) is 20.8 Å². The number of hydrogen-bond donors (Lipinski definition) is 4. The zero-order valence-electron chi connectivity index (χ0n) is 21.5. The highest BCUT2D eigenvalue weighted by Crippen LogP contribution is 2.38. The van der Waals surface area contributed by atoms with Crippen molar-refractivity contribution >= 4 is 33.3 Å². The SMILES string of the molecule is Cc1nc(NCc2cccc(CN(C)C)c2)nc(N[C@@H]2C[C@H](CO)C[C@H]2O)c1-c1nc2ccccc2s1. The first-order valence-electron chi connectivity index (χ1n) is 12.7. The van der Waals surface area contributed by atoms with Crippen molar-refractivity contribution in [2.75, 3.05) is 31.3 Å². The molecule has 4 N–H and O–H groups in total. The van der Waals surface area contributed by atoms with Crippen molar-refractivity contribution in [3.05, 3.63) is 65.4 Å². The molecule has 8 nitrogen and oxygen atoms in total. The van der Waals surface area contributed by atoms with E-state index in [2.05, 4.69) is 60.0 Å². The van der Waals surface area contributed by atoms with E-state index in [9.17, 15) is 10.2 Å². The molecule has 3 atom stereocenters. The molecule has 0 bridgehead atoms. The summed E-state index contributed by atoms with van der Waals surface area (Å²) in [4.78, 5) is 16.7. The van der Waals surface area contributed by atoms with Gasteiger partial charge in [0.05, 0.1) is 33.6 Å². The topological polar surface area (TPSA) is 106 Å². The van der Waals surface area contributed by atoms with Gasteiger partial charge in [0.1, 0.15) is 10.8 Å². The number of fused-ring (bicyclic) bond motifs is 1. The van der Waals surface area contributed by atoms with Crippen molar-refractivity contribution < 1.29 is 10.2 Å². The molecule has 0 radical (unpaired) electrons. The molecule has 0 amide bonds. The van der Waals surface area contributed by atoms with Crippen LogP contribution >= 0.6 is 11.3 Å². The molecule has 2 heterocycles. The van der Waals surface area contributed by atoms with Gasteiger partial charge >= 0.3 is 0 Å². The van der Waals surface area contributed by atoms with Crippen LogP contribution in [0.5, 0.6) is 0 Å². The third-order valence-corrected chi connectivity index (χ3v) is 7.80. The van der Waals surface area contributed by atoms with Crippen molar-refractivity contribution in [3.63, 3.8) is 0 Å². The fraction of sp³-hybridized carbons (Fsp3) is 0.393. The third-order valence-electron chi connectivity index (χ3n) is 6.75. The number of aromatic nitrogens is 3. The normalized spacial score (nSPS) is 19.6. The molecule has 9 heteroatoms. The van der Waals surface area contributed by atoms with Crippen molar-refractivity contribution in [1.82, 2.24) is 19.9 Å². The van der Waals surface area contributed by atoms with Crippen LogP contribution in [0, 0.1) is 12.8 Å². The molecule has 2 aromatic carbocycles. The Morgan fingerprint density at radius 2 is 1.84 bits per heavy atom. The van der Waals surface area contributed by atoms with Crippen LogP contribution in [-0.2, 0) is 13.1 Å². The zero-order chi connectivity index (χ0) is 25.9. The maximum atomic E-state index is 10.7. The summed E-state index contributed by atoms with van der Waals surface area (Å²) in [6, 6.07) is 16.4. The lowest BCUT2D eigenvalue weighted by Gasteiger charge is -2.20. The summed E-state index contributed by atoms with van der Waals surface area (Å²) in [5.74, 6) is 1.25. The summed E-state index contributed by atoms with van der Waals surface area (Å²) in [7, 11) is 4.13. The molecule has 1 saturated carbocycles. The fourth-order valence-electron chi connectivity index (χ4n) is 4.97. The van der Waals surface area contributed by atoms with E-state index in [1.165, 1.54) is 5.56 Å². The van der Waals surface area contributed by atoms with Gasteiger partial charge in [-0.15, -0.1) is 11.3 Å². The Morgan fingerprint density at radius 1 is 1.03 bits per heavy atom. The quantitative estimate of drug-likeness (QED) is 0.260. The number of rotatable bonds is 9. The molecule has 1 fully saturated rings. The van der Waals surface area contributed by atoms with Crippen molar-refractivity contribution in [1.29, 1.82) is 0 Å². The summed E-state index contributed by atoms with van der Waals surface area (Å²) in [5, 5.41) is 28.0. The van der Waals surface area contributed by atoms with E-state index in [-0.39, 0.29) is 18.6 Å². The van der Waals surface area contributed by atoms with E-state index >= 15 is 0 Å². The van der Waals surface area contributed by atoms with Crippen LogP contribution in [0.15, 0.2) is 48.5 Å². The van der Waals surface area contributed by atoms with E-state index in [0.29, 0.717) is 31.2 Å². The average Bonchev–Trinajstić information content (AvgIpc) is 3.45. The van der Waals surface area contributed by atoms with Crippen molar-refractivity contribution in [2.45, 2.75) is 45.0 Å². The molecule has 2 aromatic heterocycles. The lowest BCUT2D eigenvalue weighted by atomic mass is 10.1. The van der Waals surface area contributed by atoms with Gasteiger partial charge in [0, 0.05) is 19.7 Å². The number of benzene rings is 2. The molecule has 4 aromatic rings. The zero-order valence-corrected chi connectivity index (χ0v) is 22.3. The van der Waals surface area contributed by atoms with Crippen LogP contribution in [0.3, 0.4) is 0 Å². The largest absolute Gasteiger partial charge is 0.396 e. The summed E-state index contributed by atoms with van der Waals surface area (Å²) < 4.78 is 1.10. The first kappa shape index (κ1) is 25.5. The molecule has 194 valence electrons. The number of para-hydroxylation sites is 1. The van der Waals surface area contributed by atoms with Crippen LogP contribution in [0.4, 0.5) is 11.8 Å². The fourth-order valence-corrected chi connectivity index (χ4v) is 6.04. The van der Waals surface area contributed by atoms with E-state index in [1.807, 2.05) is 25.1 Å². The van der Waals surface area contributed by atoms with Crippen molar-refractivity contribution in [3.8, 4) is 10.6 Å². The monoisotopic (exact) mass is 518 g/mol. The summed E-state index contributed by atoms with van der Waals surface area (Å²) in [6.45, 7) is 3.52. The Labute approximate surface area is 221 Å². The van der Waals surface area contributed by atoms with Gasteiger partial charge in [-0.3, -0.25) is 0 Å². The maximum Gasteiger partial charge on any atom is 0.225 e. The maximum absolute atomic E-state index is 10.7. The van der Waals surface area contributed by atoms with Crippen LogP contribution in [-0.4, -0.2) is 62.9 Å². The molecular formula is C28H34N6O2S. The van der Waals surface area contributed by atoms with Gasteiger partial charge < -0.3 is 25.7 Å². The average molecular weight is 519 g/mol. The molecule has 37 heavy (non-hydrogen) atoms. The Balaban J connectivity index is 1.45. The Hall–Kier alpha value is -3.11. The first-order valence-corrected chi connectivity index (χ1v) is 13.5. The van der Waals surface area contributed by atoms with Gasteiger partial charge in [-0.05, 0) is 63.0 Å². The second-order valence-electron chi connectivity index (χ2n) is 10.1. The van der Waals surface area contributed by atoms with Gasteiger partial charge in [-0.1, -0.05) is 36.4 Å². The summed E-state index contributed by atoms with van der Waals surface area (Å²) in [5.41, 5.74) is 5.01. The van der Waals surface area contributed by atoms with Crippen molar-refractivity contribution in [2.24, 2.45) is 5.92 Å². The molecule has 0 aliphatic heterocycles. The summed E-state index contributed by atoms with van der Waals surface area (Å²) >= 11 is 1.61. The number of aliphatic hydroxyl groups excluding tert-OH is 2. The summed E-state index contributed by atoms with van der Waals surface area (Å²) in [6.07, 6.45) is 0.705.